The second-order valence-corrected chi connectivity index (χ2v) is 7.64. The molecule has 146 valence electrons. The number of unbranched alkanes of at least 4 members (excludes halogenated alkanes) is 4. The molecule has 5 heteroatoms. The molecule has 0 bridgehead atoms. The number of rotatable bonds is 10. The Morgan fingerprint density at radius 3 is 2.26 bits per heavy atom. The van der Waals surface area contributed by atoms with Gasteiger partial charge in [-0.05, 0) is 48.6 Å². The van der Waals surface area contributed by atoms with E-state index in [4.69, 9.17) is 16.3 Å². The van der Waals surface area contributed by atoms with E-state index in [-0.39, 0.29) is 5.92 Å². The van der Waals surface area contributed by atoms with Crippen LogP contribution >= 0.6 is 11.6 Å². The smallest absolute Gasteiger partial charge is 0.329 e. The molecule has 4 nitrogen and oxygen atoms in total. The second-order valence-electron chi connectivity index (χ2n) is 7.17. The summed E-state index contributed by atoms with van der Waals surface area (Å²) in [5.74, 6) is 0.731. The summed E-state index contributed by atoms with van der Waals surface area (Å²) in [4.78, 5) is 20.8. The first-order valence-electron chi connectivity index (χ1n) is 9.78. The van der Waals surface area contributed by atoms with Gasteiger partial charge < -0.3 is 4.74 Å². The molecule has 2 aromatic rings. The van der Waals surface area contributed by atoms with Crippen LogP contribution in [0.1, 0.15) is 58.4 Å². The minimum atomic E-state index is -0.650. The summed E-state index contributed by atoms with van der Waals surface area (Å²) >= 11 is 6.02. The number of aromatic nitrogens is 2. The molecule has 0 amide bonds. The molecule has 0 spiro atoms. The van der Waals surface area contributed by atoms with Crippen molar-refractivity contribution in [1.82, 2.24) is 9.97 Å². The molecule has 0 saturated carbocycles. The average Bonchev–Trinajstić information content (AvgIpc) is 2.68. The van der Waals surface area contributed by atoms with Crippen LogP contribution < -0.4 is 4.74 Å². The quantitative estimate of drug-likeness (QED) is 0.222. The number of hydrogen-bond acceptors (Lipinski definition) is 4. The van der Waals surface area contributed by atoms with Gasteiger partial charge in [-0.3, -0.25) is 4.79 Å². The van der Waals surface area contributed by atoms with Gasteiger partial charge in [0.2, 0.25) is 0 Å². The third kappa shape index (κ3) is 6.94. The molecule has 0 saturated heterocycles. The van der Waals surface area contributed by atoms with Crippen molar-refractivity contribution in [2.75, 3.05) is 0 Å². The van der Waals surface area contributed by atoms with Crippen LogP contribution in [0.15, 0.2) is 36.7 Å². The highest BCUT2D eigenvalue weighted by Crippen LogP contribution is 2.21. The lowest BCUT2D eigenvalue weighted by Gasteiger charge is -2.12. The van der Waals surface area contributed by atoms with Crippen molar-refractivity contribution >= 4 is 17.6 Å². The van der Waals surface area contributed by atoms with Crippen molar-refractivity contribution in [2.24, 2.45) is 5.92 Å². The Bertz CT molecular complexity index is 699. The van der Waals surface area contributed by atoms with E-state index >= 15 is 0 Å². The number of ether oxygens (including phenoxy) is 1. The Labute approximate surface area is 167 Å². The predicted molar refractivity (Wildman–Crippen MR) is 110 cm³/mol. The average molecular weight is 389 g/mol. The Kier molecular flexibility index (Phi) is 8.73. The molecule has 27 heavy (non-hydrogen) atoms. The fourth-order valence-electron chi connectivity index (χ4n) is 2.68. The highest BCUT2D eigenvalue weighted by molar-refractivity contribution is 6.30. The van der Waals surface area contributed by atoms with Gasteiger partial charge in [0.1, 0.15) is 11.1 Å². The van der Waals surface area contributed by atoms with E-state index < -0.39 is 11.3 Å². The van der Waals surface area contributed by atoms with Crippen LogP contribution in [0, 0.1) is 5.92 Å². The number of carbonyl (C=O) groups is 1. The SMILES string of the molecule is CCCCCCCc1cnc(-c2ccc(OC(=O)C(Cl)C(C)C)cc2)nc1. The molecule has 1 atom stereocenters. The zero-order chi connectivity index (χ0) is 19.6. The van der Waals surface area contributed by atoms with Crippen LogP contribution in [0.5, 0.6) is 5.75 Å². The van der Waals surface area contributed by atoms with Gasteiger partial charge in [-0.15, -0.1) is 11.6 Å². The molecule has 2 rings (SSSR count). The fourth-order valence-corrected chi connectivity index (χ4v) is 2.73. The molecule has 0 N–H and O–H groups in total. The van der Waals surface area contributed by atoms with Crippen molar-refractivity contribution in [1.29, 1.82) is 0 Å². The van der Waals surface area contributed by atoms with Gasteiger partial charge in [0.15, 0.2) is 5.82 Å². The normalized spacial score (nSPS) is 12.2. The molecular formula is C22H29ClN2O2. The second kappa shape index (κ2) is 11.0. The maximum atomic E-state index is 11.9. The molecule has 0 radical (unpaired) electrons. The monoisotopic (exact) mass is 388 g/mol. The zero-order valence-corrected chi connectivity index (χ0v) is 17.2. The largest absolute Gasteiger partial charge is 0.425 e. The van der Waals surface area contributed by atoms with Gasteiger partial charge in [0.25, 0.3) is 0 Å². The van der Waals surface area contributed by atoms with E-state index in [0.717, 1.165) is 12.0 Å². The van der Waals surface area contributed by atoms with Gasteiger partial charge in [-0.2, -0.15) is 0 Å². The highest BCUT2D eigenvalue weighted by Gasteiger charge is 2.21. The molecule has 1 aromatic heterocycles. The third-order valence-corrected chi connectivity index (χ3v) is 5.10. The van der Waals surface area contributed by atoms with Crippen LogP contribution in [0.4, 0.5) is 0 Å². The Morgan fingerprint density at radius 2 is 1.67 bits per heavy atom. The van der Waals surface area contributed by atoms with E-state index in [1.165, 1.54) is 37.7 Å². The molecule has 0 fully saturated rings. The summed E-state index contributed by atoms with van der Waals surface area (Å²) in [6.07, 6.45) is 11.1. The molecule has 0 aliphatic rings. The van der Waals surface area contributed by atoms with E-state index in [0.29, 0.717) is 11.6 Å². The Balaban J connectivity index is 1.90. The van der Waals surface area contributed by atoms with Gasteiger partial charge in [-0.1, -0.05) is 46.5 Å². The summed E-state index contributed by atoms with van der Waals surface area (Å²) in [5, 5.41) is -0.650. The summed E-state index contributed by atoms with van der Waals surface area (Å²) in [5.41, 5.74) is 2.05. The van der Waals surface area contributed by atoms with Gasteiger partial charge >= 0.3 is 5.97 Å². The van der Waals surface area contributed by atoms with Crippen molar-refractivity contribution < 1.29 is 9.53 Å². The lowest BCUT2D eigenvalue weighted by molar-refractivity contribution is -0.134. The number of benzene rings is 1. The number of alkyl halides is 1. The van der Waals surface area contributed by atoms with Crippen LogP contribution in [0.25, 0.3) is 11.4 Å². The summed E-state index contributed by atoms with van der Waals surface area (Å²) in [6.45, 7) is 5.99. The van der Waals surface area contributed by atoms with Gasteiger partial charge in [-0.25, -0.2) is 9.97 Å². The van der Waals surface area contributed by atoms with Crippen LogP contribution in [-0.2, 0) is 11.2 Å². The third-order valence-electron chi connectivity index (χ3n) is 4.42. The van der Waals surface area contributed by atoms with Gasteiger partial charge in [0, 0.05) is 18.0 Å². The van der Waals surface area contributed by atoms with E-state index in [9.17, 15) is 4.79 Å². The number of halogens is 1. The maximum Gasteiger partial charge on any atom is 0.329 e. The minimum Gasteiger partial charge on any atom is -0.425 e. The molecular weight excluding hydrogens is 360 g/mol. The molecule has 1 unspecified atom stereocenters. The van der Waals surface area contributed by atoms with Crippen LogP contribution in [0.2, 0.25) is 0 Å². The minimum absolute atomic E-state index is 0.0250. The summed E-state index contributed by atoms with van der Waals surface area (Å²) in [6, 6.07) is 7.17. The molecule has 0 aliphatic carbocycles. The van der Waals surface area contributed by atoms with Crippen molar-refractivity contribution in [3.63, 3.8) is 0 Å². The van der Waals surface area contributed by atoms with Gasteiger partial charge in [0.05, 0.1) is 0 Å². The standard InChI is InChI=1S/C22H29ClN2O2/c1-4-5-6-7-8-9-17-14-24-21(25-15-17)18-10-12-19(13-11-18)27-22(26)20(23)16(2)3/h10-16,20H,4-9H2,1-3H3. The number of aryl methyl sites for hydroxylation is 1. The number of carbonyl (C=O) groups excluding carboxylic acids is 1. The highest BCUT2D eigenvalue weighted by atomic mass is 35.5. The first-order valence-corrected chi connectivity index (χ1v) is 10.2. The summed E-state index contributed by atoms with van der Waals surface area (Å²) in [7, 11) is 0. The van der Waals surface area contributed by atoms with E-state index in [1.807, 2.05) is 38.4 Å². The Morgan fingerprint density at radius 1 is 1.04 bits per heavy atom. The van der Waals surface area contributed by atoms with Crippen molar-refractivity contribution in [3.05, 3.63) is 42.2 Å². The summed E-state index contributed by atoms with van der Waals surface area (Å²) < 4.78 is 5.31. The Hall–Kier alpha value is -1.94. The lowest BCUT2D eigenvalue weighted by Crippen LogP contribution is -2.25. The number of hydrogen-bond donors (Lipinski definition) is 0. The van der Waals surface area contributed by atoms with Crippen LogP contribution in [-0.4, -0.2) is 21.3 Å². The van der Waals surface area contributed by atoms with E-state index in [1.54, 1.807) is 12.1 Å². The first kappa shape index (κ1) is 21.4. The topological polar surface area (TPSA) is 52.1 Å². The first-order chi connectivity index (χ1) is 13.0. The van der Waals surface area contributed by atoms with E-state index in [2.05, 4.69) is 16.9 Å². The molecule has 1 heterocycles. The number of nitrogens with zero attached hydrogens (tertiary/aromatic N) is 2. The predicted octanol–water partition coefficient (Wildman–Crippen LogP) is 5.83. The molecule has 0 aliphatic heterocycles. The van der Waals surface area contributed by atoms with Crippen molar-refractivity contribution in [2.45, 2.75) is 64.7 Å². The maximum absolute atomic E-state index is 11.9. The van der Waals surface area contributed by atoms with Crippen LogP contribution in [0.3, 0.4) is 0 Å². The van der Waals surface area contributed by atoms with Crippen molar-refractivity contribution in [3.8, 4) is 17.1 Å². The number of esters is 1. The fraction of sp³-hybridized carbons (Fsp3) is 0.500. The lowest BCUT2D eigenvalue weighted by atomic mass is 10.1. The zero-order valence-electron chi connectivity index (χ0n) is 16.5. The molecule has 1 aromatic carbocycles.